The lowest BCUT2D eigenvalue weighted by Gasteiger charge is -2.14. The Balaban J connectivity index is 1.77. The van der Waals surface area contributed by atoms with Crippen LogP contribution in [0.2, 0.25) is 0 Å². The molecule has 0 aromatic carbocycles. The van der Waals surface area contributed by atoms with Gasteiger partial charge in [-0.05, 0) is 57.5 Å². The maximum atomic E-state index is 12.1. The summed E-state index contributed by atoms with van der Waals surface area (Å²) in [4.78, 5) is 16.1. The van der Waals surface area contributed by atoms with Gasteiger partial charge in [-0.25, -0.2) is 0 Å². The first-order valence-corrected chi connectivity index (χ1v) is 8.23. The van der Waals surface area contributed by atoms with Crippen molar-refractivity contribution in [2.24, 2.45) is 0 Å². The van der Waals surface area contributed by atoms with E-state index in [1.54, 1.807) is 0 Å². The van der Waals surface area contributed by atoms with Crippen LogP contribution in [-0.4, -0.2) is 48.7 Å². The molecular formula is C16H22N2O2S. The Kier molecular flexibility index (Phi) is 6.24. The molecule has 1 aromatic heterocycles. The van der Waals surface area contributed by atoms with Gasteiger partial charge in [0.15, 0.2) is 0 Å². The molecule has 2 N–H and O–H groups in total. The van der Waals surface area contributed by atoms with E-state index in [-0.39, 0.29) is 12.5 Å². The lowest BCUT2D eigenvalue weighted by Crippen LogP contribution is -2.28. The van der Waals surface area contributed by atoms with Crippen molar-refractivity contribution in [1.29, 1.82) is 0 Å². The lowest BCUT2D eigenvalue weighted by molar-refractivity contribution is 0.0956. The maximum Gasteiger partial charge on any atom is 0.261 e. The highest BCUT2D eigenvalue weighted by Crippen LogP contribution is 2.20. The van der Waals surface area contributed by atoms with Crippen molar-refractivity contribution in [3.05, 3.63) is 21.4 Å². The molecule has 4 nitrogen and oxygen atoms in total. The summed E-state index contributed by atoms with van der Waals surface area (Å²) >= 11 is 1.38. The molecular weight excluding hydrogens is 284 g/mol. The monoisotopic (exact) mass is 306 g/mol. The largest absolute Gasteiger partial charge is 0.384 e. The second-order valence-electron chi connectivity index (χ2n) is 5.24. The zero-order valence-corrected chi connectivity index (χ0v) is 13.3. The quantitative estimate of drug-likeness (QED) is 0.642. The van der Waals surface area contributed by atoms with E-state index in [9.17, 15) is 4.79 Å². The van der Waals surface area contributed by atoms with Crippen LogP contribution in [0, 0.1) is 18.8 Å². The molecule has 1 aliphatic heterocycles. The van der Waals surface area contributed by atoms with E-state index in [1.165, 1.54) is 37.3 Å². The van der Waals surface area contributed by atoms with Crippen molar-refractivity contribution in [2.75, 3.05) is 32.8 Å². The zero-order valence-electron chi connectivity index (χ0n) is 12.4. The smallest absolute Gasteiger partial charge is 0.261 e. The Morgan fingerprint density at radius 3 is 2.95 bits per heavy atom. The van der Waals surface area contributed by atoms with Crippen molar-refractivity contribution >= 4 is 17.2 Å². The average Bonchev–Trinajstić information content (AvgIpc) is 3.11. The van der Waals surface area contributed by atoms with E-state index >= 15 is 0 Å². The number of amides is 1. The molecule has 0 bridgehead atoms. The minimum Gasteiger partial charge on any atom is -0.384 e. The molecule has 1 amide bonds. The molecule has 21 heavy (non-hydrogen) atoms. The van der Waals surface area contributed by atoms with Gasteiger partial charge in [0.05, 0.1) is 9.75 Å². The van der Waals surface area contributed by atoms with Gasteiger partial charge in [-0.2, -0.15) is 0 Å². The summed E-state index contributed by atoms with van der Waals surface area (Å²) in [5.41, 5.74) is 0.989. The van der Waals surface area contributed by atoms with Gasteiger partial charge in [0, 0.05) is 6.54 Å². The number of likely N-dealkylation sites (tertiary alicyclic amines) is 1. The number of carbonyl (C=O) groups is 1. The van der Waals surface area contributed by atoms with Gasteiger partial charge in [-0.15, -0.1) is 11.3 Å². The third-order valence-corrected chi connectivity index (χ3v) is 4.71. The molecule has 0 atom stereocenters. The number of aryl methyl sites for hydroxylation is 1. The Bertz CT molecular complexity index is 536. The highest BCUT2D eigenvalue weighted by molar-refractivity contribution is 7.14. The molecule has 114 valence electrons. The number of rotatable bonds is 5. The van der Waals surface area contributed by atoms with Crippen molar-refractivity contribution < 1.29 is 9.90 Å². The van der Waals surface area contributed by atoms with Crippen LogP contribution in [0.5, 0.6) is 0 Å². The lowest BCUT2D eigenvalue weighted by atomic mass is 10.2. The van der Waals surface area contributed by atoms with Crippen molar-refractivity contribution in [1.82, 2.24) is 10.2 Å². The zero-order chi connectivity index (χ0) is 15.1. The highest BCUT2D eigenvalue weighted by Gasteiger charge is 2.12. The number of carbonyl (C=O) groups excluding carboxylic acids is 1. The number of thiophene rings is 1. The second-order valence-corrected chi connectivity index (χ2v) is 6.29. The number of hydrogen-bond donors (Lipinski definition) is 2. The van der Waals surface area contributed by atoms with Crippen LogP contribution >= 0.6 is 11.3 Å². The topological polar surface area (TPSA) is 52.6 Å². The van der Waals surface area contributed by atoms with Gasteiger partial charge in [0.2, 0.25) is 0 Å². The van der Waals surface area contributed by atoms with Gasteiger partial charge in [0.25, 0.3) is 5.91 Å². The third kappa shape index (κ3) is 4.85. The van der Waals surface area contributed by atoms with Crippen molar-refractivity contribution in [2.45, 2.75) is 26.2 Å². The molecule has 2 heterocycles. The molecule has 1 fully saturated rings. The molecule has 1 aromatic rings. The second kappa shape index (κ2) is 8.18. The summed E-state index contributed by atoms with van der Waals surface area (Å²) in [5, 5.41) is 11.7. The minimum absolute atomic E-state index is 0.0263. The van der Waals surface area contributed by atoms with E-state index in [4.69, 9.17) is 5.11 Å². The molecule has 0 unspecified atom stereocenters. The van der Waals surface area contributed by atoms with E-state index in [2.05, 4.69) is 22.1 Å². The Morgan fingerprint density at radius 1 is 1.48 bits per heavy atom. The number of nitrogens with zero attached hydrogens (tertiary/aromatic N) is 1. The van der Waals surface area contributed by atoms with Crippen LogP contribution < -0.4 is 5.32 Å². The number of hydrogen-bond acceptors (Lipinski definition) is 4. The van der Waals surface area contributed by atoms with Crippen LogP contribution in [0.3, 0.4) is 0 Å². The fraction of sp³-hybridized carbons (Fsp3) is 0.562. The first kappa shape index (κ1) is 16.0. The standard InChI is InChI=1S/C16H22N2O2S/c1-13-12-15(21-14(13)6-4-11-19)16(20)17-7-5-10-18-8-2-3-9-18/h12,19H,2-3,5,7-11H2,1H3,(H,17,20). The number of aliphatic hydroxyl groups is 1. The Morgan fingerprint density at radius 2 is 2.24 bits per heavy atom. The predicted molar refractivity (Wildman–Crippen MR) is 85.6 cm³/mol. The Hall–Kier alpha value is -1.35. The summed E-state index contributed by atoms with van der Waals surface area (Å²) in [6, 6.07) is 1.86. The third-order valence-electron chi connectivity index (χ3n) is 3.56. The van der Waals surface area contributed by atoms with Gasteiger partial charge in [-0.3, -0.25) is 4.79 Å². The van der Waals surface area contributed by atoms with E-state index in [1.807, 2.05) is 13.0 Å². The van der Waals surface area contributed by atoms with Crippen molar-refractivity contribution in [3.63, 3.8) is 0 Å². The first-order chi connectivity index (χ1) is 10.2. The summed E-state index contributed by atoms with van der Waals surface area (Å²) in [6.07, 6.45) is 3.60. The Labute approximate surface area is 130 Å². The molecule has 0 aliphatic carbocycles. The fourth-order valence-corrected chi connectivity index (χ4v) is 3.40. The SMILES string of the molecule is Cc1cc(C(=O)NCCCN2CCCC2)sc1C#CCO. The van der Waals surface area contributed by atoms with Crippen LogP contribution in [-0.2, 0) is 0 Å². The summed E-state index contributed by atoms with van der Waals surface area (Å²) in [5.74, 6) is 5.47. The van der Waals surface area contributed by atoms with Gasteiger partial charge in [0.1, 0.15) is 6.61 Å². The summed E-state index contributed by atoms with van der Waals surface area (Å²) in [7, 11) is 0. The molecule has 5 heteroatoms. The molecule has 0 saturated carbocycles. The highest BCUT2D eigenvalue weighted by atomic mass is 32.1. The average molecular weight is 306 g/mol. The normalized spacial score (nSPS) is 14.8. The predicted octanol–water partition coefficient (Wildman–Crippen LogP) is 1.62. The molecule has 1 saturated heterocycles. The van der Waals surface area contributed by atoms with Crippen LogP contribution in [0.1, 0.15) is 39.4 Å². The van der Waals surface area contributed by atoms with Crippen molar-refractivity contribution in [3.8, 4) is 11.8 Å². The maximum absolute atomic E-state index is 12.1. The fourth-order valence-electron chi connectivity index (χ4n) is 2.44. The van der Waals surface area contributed by atoms with Crippen LogP contribution in [0.25, 0.3) is 0 Å². The molecule has 1 aliphatic rings. The number of aliphatic hydroxyl groups excluding tert-OH is 1. The number of nitrogens with one attached hydrogen (secondary N) is 1. The molecule has 0 radical (unpaired) electrons. The molecule has 0 spiro atoms. The first-order valence-electron chi connectivity index (χ1n) is 7.41. The molecule has 2 rings (SSSR count). The van der Waals surface area contributed by atoms with Crippen LogP contribution in [0.4, 0.5) is 0 Å². The summed E-state index contributed by atoms with van der Waals surface area (Å²) < 4.78 is 0. The van der Waals surface area contributed by atoms with E-state index in [0.717, 1.165) is 23.4 Å². The minimum atomic E-state index is -0.157. The summed E-state index contributed by atoms with van der Waals surface area (Å²) in [6.45, 7) is 5.95. The van der Waals surface area contributed by atoms with Gasteiger partial charge < -0.3 is 15.3 Å². The van der Waals surface area contributed by atoms with E-state index in [0.29, 0.717) is 11.4 Å². The van der Waals surface area contributed by atoms with Crippen LogP contribution in [0.15, 0.2) is 6.07 Å². The van der Waals surface area contributed by atoms with Gasteiger partial charge >= 0.3 is 0 Å². The van der Waals surface area contributed by atoms with E-state index < -0.39 is 0 Å². The van der Waals surface area contributed by atoms with Gasteiger partial charge in [-0.1, -0.05) is 11.8 Å².